The Hall–Kier alpha value is -2.18. The van der Waals surface area contributed by atoms with Gasteiger partial charge in [0.2, 0.25) is 11.9 Å². The van der Waals surface area contributed by atoms with Crippen molar-refractivity contribution in [3.8, 4) is 0 Å². The number of rotatable bonds is 3. The Morgan fingerprint density at radius 1 is 1.44 bits per heavy atom. The number of H-pyrrole nitrogens is 2. The van der Waals surface area contributed by atoms with Crippen molar-refractivity contribution in [3.63, 3.8) is 0 Å². The summed E-state index contributed by atoms with van der Waals surface area (Å²) in [5, 5.41) is 15.7. The van der Waals surface area contributed by atoms with Gasteiger partial charge >= 0.3 is 0 Å². The maximum atomic E-state index is 11.6. The summed E-state index contributed by atoms with van der Waals surface area (Å²) in [5.41, 5.74) is 2.66. The summed E-state index contributed by atoms with van der Waals surface area (Å²) in [6, 6.07) is 0. The topological polar surface area (TPSA) is 99.3 Å². The number of amides is 1. The standard InChI is InChI=1S/C9H12N6O/c1-5-7(6(2)14-13-5)3-8(16)12-9-10-4-11-15-9/h4H,3H2,1-2H3,(H,13,14)(H2,10,11,12,15,16). The summed E-state index contributed by atoms with van der Waals surface area (Å²) in [4.78, 5) is 15.4. The first-order valence-electron chi connectivity index (χ1n) is 4.82. The second-order valence-corrected chi connectivity index (χ2v) is 3.47. The van der Waals surface area contributed by atoms with Crippen molar-refractivity contribution < 1.29 is 4.79 Å². The summed E-state index contributed by atoms with van der Waals surface area (Å²) in [7, 11) is 0. The third kappa shape index (κ3) is 2.08. The zero-order chi connectivity index (χ0) is 11.5. The van der Waals surface area contributed by atoms with E-state index in [0.29, 0.717) is 5.95 Å². The highest BCUT2D eigenvalue weighted by Crippen LogP contribution is 2.10. The van der Waals surface area contributed by atoms with Crippen LogP contribution in [0.2, 0.25) is 0 Å². The fourth-order valence-electron chi connectivity index (χ4n) is 1.44. The van der Waals surface area contributed by atoms with Gasteiger partial charge in [0, 0.05) is 11.3 Å². The first kappa shape index (κ1) is 10.3. The number of hydrogen-bond acceptors (Lipinski definition) is 4. The molecule has 0 saturated carbocycles. The van der Waals surface area contributed by atoms with Crippen LogP contribution in [0.3, 0.4) is 0 Å². The van der Waals surface area contributed by atoms with Gasteiger partial charge in [-0.3, -0.25) is 15.2 Å². The van der Waals surface area contributed by atoms with Gasteiger partial charge in [-0.25, -0.2) is 5.10 Å². The van der Waals surface area contributed by atoms with Crippen molar-refractivity contribution in [2.45, 2.75) is 20.3 Å². The van der Waals surface area contributed by atoms with E-state index in [-0.39, 0.29) is 12.3 Å². The van der Waals surface area contributed by atoms with Gasteiger partial charge in [0.1, 0.15) is 6.33 Å². The molecule has 0 spiro atoms. The zero-order valence-electron chi connectivity index (χ0n) is 9.03. The fraction of sp³-hybridized carbons (Fsp3) is 0.333. The molecule has 0 fully saturated rings. The SMILES string of the molecule is Cc1n[nH]c(C)c1CC(=O)Nc1ncn[nH]1. The minimum absolute atomic E-state index is 0.149. The van der Waals surface area contributed by atoms with E-state index in [2.05, 4.69) is 30.7 Å². The number of aromatic nitrogens is 5. The molecule has 0 atom stereocenters. The van der Waals surface area contributed by atoms with Gasteiger partial charge in [0.25, 0.3) is 0 Å². The summed E-state index contributed by atoms with van der Waals surface area (Å²) >= 11 is 0. The number of nitrogens with zero attached hydrogens (tertiary/aromatic N) is 3. The molecule has 1 amide bonds. The van der Waals surface area contributed by atoms with Crippen LogP contribution >= 0.6 is 0 Å². The van der Waals surface area contributed by atoms with Crippen LogP contribution in [0.25, 0.3) is 0 Å². The predicted octanol–water partition coefficient (Wildman–Crippen LogP) is 0.326. The highest BCUT2D eigenvalue weighted by atomic mass is 16.1. The number of nitrogens with one attached hydrogen (secondary N) is 3. The third-order valence-electron chi connectivity index (χ3n) is 2.29. The summed E-state index contributed by atoms with van der Waals surface area (Å²) in [5.74, 6) is 0.202. The zero-order valence-corrected chi connectivity index (χ0v) is 9.03. The van der Waals surface area contributed by atoms with E-state index >= 15 is 0 Å². The minimum atomic E-state index is -0.149. The Labute approximate surface area is 91.7 Å². The predicted molar refractivity (Wildman–Crippen MR) is 56.8 cm³/mol. The first-order chi connectivity index (χ1) is 7.66. The lowest BCUT2D eigenvalue weighted by atomic mass is 10.1. The Bertz CT molecular complexity index is 467. The number of carbonyl (C=O) groups is 1. The van der Waals surface area contributed by atoms with Gasteiger partial charge in [0.05, 0.1) is 12.1 Å². The average Bonchev–Trinajstić information content (AvgIpc) is 2.83. The Kier molecular flexibility index (Phi) is 2.67. The molecule has 0 bridgehead atoms. The fourth-order valence-corrected chi connectivity index (χ4v) is 1.44. The normalized spacial score (nSPS) is 10.4. The highest BCUT2D eigenvalue weighted by molar-refractivity contribution is 5.90. The molecule has 2 aromatic rings. The molecule has 0 aromatic carbocycles. The van der Waals surface area contributed by atoms with Crippen molar-refractivity contribution in [1.82, 2.24) is 25.4 Å². The highest BCUT2D eigenvalue weighted by Gasteiger charge is 2.12. The van der Waals surface area contributed by atoms with Crippen LogP contribution < -0.4 is 5.32 Å². The number of carbonyl (C=O) groups excluding carboxylic acids is 1. The van der Waals surface area contributed by atoms with Crippen LogP contribution in [0.5, 0.6) is 0 Å². The van der Waals surface area contributed by atoms with Crippen molar-refractivity contribution in [3.05, 3.63) is 23.3 Å². The molecule has 16 heavy (non-hydrogen) atoms. The maximum Gasteiger partial charge on any atom is 0.231 e. The van der Waals surface area contributed by atoms with Crippen LogP contribution in [0.1, 0.15) is 17.0 Å². The molecule has 7 heteroatoms. The van der Waals surface area contributed by atoms with E-state index < -0.39 is 0 Å². The summed E-state index contributed by atoms with van der Waals surface area (Å²) in [6.45, 7) is 3.75. The summed E-state index contributed by atoms with van der Waals surface area (Å²) < 4.78 is 0. The van der Waals surface area contributed by atoms with Crippen molar-refractivity contribution >= 4 is 11.9 Å². The number of aromatic amines is 2. The molecular weight excluding hydrogens is 208 g/mol. The average molecular weight is 220 g/mol. The van der Waals surface area contributed by atoms with Crippen molar-refractivity contribution in [2.75, 3.05) is 5.32 Å². The van der Waals surface area contributed by atoms with Crippen LogP contribution in [-0.4, -0.2) is 31.3 Å². The monoisotopic (exact) mass is 220 g/mol. The third-order valence-corrected chi connectivity index (χ3v) is 2.29. The molecule has 84 valence electrons. The first-order valence-corrected chi connectivity index (χ1v) is 4.82. The molecule has 2 heterocycles. The van der Waals surface area contributed by atoms with Crippen LogP contribution in [0, 0.1) is 13.8 Å². The Morgan fingerprint density at radius 2 is 2.25 bits per heavy atom. The van der Waals surface area contributed by atoms with E-state index in [1.54, 1.807) is 0 Å². The Morgan fingerprint density at radius 3 is 2.81 bits per heavy atom. The Balaban J connectivity index is 2.03. The second kappa shape index (κ2) is 4.13. The van der Waals surface area contributed by atoms with E-state index in [9.17, 15) is 4.79 Å². The van der Waals surface area contributed by atoms with Crippen molar-refractivity contribution in [2.24, 2.45) is 0 Å². The molecule has 0 radical (unpaired) electrons. The summed E-state index contributed by atoms with van der Waals surface area (Å²) in [6.07, 6.45) is 1.61. The van der Waals surface area contributed by atoms with E-state index in [1.807, 2.05) is 13.8 Å². The molecule has 2 rings (SSSR count). The smallest absolute Gasteiger partial charge is 0.231 e. The van der Waals surface area contributed by atoms with Gasteiger partial charge in [-0.2, -0.15) is 15.2 Å². The lowest BCUT2D eigenvalue weighted by Crippen LogP contribution is -2.16. The molecule has 7 nitrogen and oxygen atoms in total. The maximum absolute atomic E-state index is 11.6. The van der Waals surface area contributed by atoms with E-state index in [1.165, 1.54) is 6.33 Å². The van der Waals surface area contributed by atoms with Gasteiger partial charge in [-0.15, -0.1) is 0 Å². The van der Waals surface area contributed by atoms with E-state index in [0.717, 1.165) is 17.0 Å². The van der Waals surface area contributed by atoms with Gasteiger partial charge < -0.3 is 0 Å². The number of aryl methyl sites for hydroxylation is 2. The van der Waals surface area contributed by atoms with Gasteiger partial charge in [0.15, 0.2) is 0 Å². The van der Waals surface area contributed by atoms with Crippen LogP contribution in [0.4, 0.5) is 5.95 Å². The molecule has 0 unspecified atom stereocenters. The molecule has 3 N–H and O–H groups in total. The van der Waals surface area contributed by atoms with Crippen LogP contribution in [-0.2, 0) is 11.2 Å². The molecule has 0 aliphatic heterocycles. The second-order valence-electron chi connectivity index (χ2n) is 3.47. The largest absolute Gasteiger partial charge is 0.295 e. The molecule has 0 aliphatic rings. The van der Waals surface area contributed by atoms with Crippen LogP contribution in [0.15, 0.2) is 6.33 Å². The van der Waals surface area contributed by atoms with Gasteiger partial charge in [-0.1, -0.05) is 0 Å². The lowest BCUT2D eigenvalue weighted by Gasteiger charge is -2.01. The number of anilines is 1. The minimum Gasteiger partial charge on any atom is -0.295 e. The lowest BCUT2D eigenvalue weighted by molar-refractivity contribution is -0.115. The molecular formula is C9H12N6O. The number of hydrogen-bond donors (Lipinski definition) is 3. The van der Waals surface area contributed by atoms with E-state index in [4.69, 9.17) is 0 Å². The molecule has 0 aliphatic carbocycles. The molecule has 2 aromatic heterocycles. The molecule has 0 saturated heterocycles. The van der Waals surface area contributed by atoms with Gasteiger partial charge in [-0.05, 0) is 13.8 Å². The quantitative estimate of drug-likeness (QED) is 0.693. The van der Waals surface area contributed by atoms with Crippen molar-refractivity contribution in [1.29, 1.82) is 0 Å².